The van der Waals surface area contributed by atoms with E-state index in [4.69, 9.17) is 0 Å². The van der Waals surface area contributed by atoms with E-state index in [2.05, 4.69) is 4.98 Å². The van der Waals surface area contributed by atoms with Crippen molar-refractivity contribution in [1.82, 2.24) is 4.98 Å². The number of pyridine rings is 1. The van der Waals surface area contributed by atoms with Gasteiger partial charge in [0.05, 0.1) is 6.10 Å². The van der Waals surface area contributed by atoms with Crippen molar-refractivity contribution in [3.63, 3.8) is 0 Å². The highest BCUT2D eigenvalue weighted by Gasteiger charge is 2.15. The monoisotopic (exact) mass is 288 g/mol. The van der Waals surface area contributed by atoms with E-state index in [9.17, 15) is 9.50 Å². The van der Waals surface area contributed by atoms with Crippen molar-refractivity contribution in [2.45, 2.75) is 26.4 Å². The van der Waals surface area contributed by atoms with Crippen molar-refractivity contribution >= 4 is 5.69 Å². The lowest BCUT2D eigenvalue weighted by atomic mass is 10.0. The summed E-state index contributed by atoms with van der Waals surface area (Å²) >= 11 is 0. The Hall–Kier alpha value is -1.94. The smallest absolute Gasteiger partial charge is 0.126 e. The molecule has 0 radical (unpaired) electrons. The fourth-order valence-corrected chi connectivity index (χ4v) is 2.30. The molecule has 0 spiro atoms. The zero-order valence-electron chi connectivity index (χ0n) is 12.7. The lowest BCUT2D eigenvalue weighted by Crippen LogP contribution is -2.22. The molecule has 21 heavy (non-hydrogen) atoms. The van der Waals surface area contributed by atoms with E-state index in [1.165, 1.54) is 6.07 Å². The molecule has 4 heteroatoms. The van der Waals surface area contributed by atoms with Crippen molar-refractivity contribution in [2.75, 3.05) is 18.5 Å². The van der Waals surface area contributed by atoms with Gasteiger partial charge in [-0.2, -0.15) is 0 Å². The van der Waals surface area contributed by atoms with Crippen LogP contribution in [0.5, 0.6) is 0 Å². The number of rotatable bonds is 5. The fraction of sp³-hybridized carbons (Fsp3) is 0.353. The van der Waals surface area contributed by atoms with Crippen LogP contribution in [0.1, 0.15) is 29.8 Å². The number of hydrogen-bond donors (Lipinski definition) is 1. The Labute approximate surface area is 125 Å². The van der Waals surface area contributed by atoms with Gasteiger partial charge in [-0.15, -0.1) is 0 Å². The van der Waals surface area contributed by atoms with E-state index in [1.54, 1.807) is 26.1 Å². The summed E-state index contributed by atoms with van der Waals surface area (Å²) in [6, 6.07) is 9.05. The topological polar surface area (TPSA) is 36.4 Å². The van der Waals surface area contributed by atoms with Crippen LogP contribution in [-0.2, 0) is 6.42 Å². The molecule has 0 aliphatic rings. The number of likely N-dealkylation sites (N-methyl/N-ethyl adjacent to an activating group) is 1. The maximum atomic E-state index is 13.7. The number of aromatic nitrogens is 1. The van der Waals surface area contributed by atoms with Crippen molar-refractivity contribution in [1.29, 1.82) is 0 Å². The van der Waals surface area contributed by atoms with Crippen LogP contribution in [0.3, 0.4) is 0 Å². The standard InChI is InChI=1S/C17H21FN2O/c1-12-10-17(15(13(2)21)11-16(12)18)20(3)9-7-14-6-4-5-8-19-14/h4-6,8,10-11,13,21H,7,9H2,1-3H3/t13-/m1/s1. The summed E-state index contributed by atoms with van der Waals surface area (Å²) in [5, 5.41) is 9.85. The van der Waals surface area contributed by atoms with Crippen molar-refractivity contribution < 1.29 is 9.50 Å². The molecule has 1 aromatic heterocycles. The number of benzene rings is 1. The van der Waals surface area contributed by atoms with Crippen molar-refractivity contribution in [2.24, 2.45) is 0 Å². The highest BCUT2D eigenvalue weighted by molar-refractivity contribution is 5.56. The molecule has 2 aromatic rings. The van der Waals surface area contributed by atoms with Crippen molar-refractivity contribution in [3.8, 4) is 0 Å². The molecule has 0 unspecified atom stereocenters. The molecule has 1 N–H and O–H groups in total. The Morgan fingerprint density at radius 1 is 1.33 bits per heavy atom. The molecule has 0 aliphatic carbocycles. The van der Waals surface area contributed by atoms with Crippen molar-refractivity contribution in [3.05, 3.63) is 59.2 Å². The summed E-state index contributed by atoms with van der Waals surface area (Å²) in [7, 11) is 1.95. The SMILES string of the molecule is Cc1cc(N(C)CCc2ccccn2)c([C@@H](C)O)cc1F. The predicted molar refractivity (Wildman–Crippen MR) is 83.0 cm³/mol. The summed E-state index contributed by atoms with van der Waals surface area (Å²) in [5.41, 5.74) is 3.07. The summed E-state index contributed by atoms with van der Waals surface area (Å²) in [4.78, 5) is 6.33. The van der Waals surface area contributed by atoms with Crippen LogP contribution in [0.4, 0.5) is 10.1 Å². The molecule has 2 rings (SSSR count). The zero-order chi connectivity index (χ0) is 15.4. The first-order valence-corrected chi connectivity index (χ1v) is 7.08. The molecule has 1 heterocycles. The summed E-state index contributed by atoms with van der Waals surface area (Å²) < 4.78 is 13.7. The van der Waals surface area contributed by atoms with Gasteiger partial charge in [0.25, 0.3) is 0 Å². The third-order valence-corrected chi connectivity index (χ3v) is 3.60. The quantitative estimate of drug-likeness (QED) is 0.917. The molecule has 0 saturated heterocycles. The first kappa shape index (κ1) is 15.4. The average molecular weight is 288 g/mol. The average Bonchev–Trinajstić information content (AvgIpc) is 2.48. The maximum Gasteiger partial charge on any atom is 0.126 e. The van der Waals surface area contributed by atoms with Gasteiger partial charge in [-0.25, -0.2) is 4.39 Å². The van der Waals surface area contributed by atoms with Crippen LogP contribution in [0.2, 0.25) is 0 Å². The van der Waals surface area contributed by atoms with Gasteiger partial charge in [0, 0.05) is 43.2 Å². The molecule has 112 valence electrons. The minimum atomic E-state index is -0.701. The van der Waals surface area contributed by atoms with Crippen LogP contribution in [-0.4, -0.2) is 23.7 Å². The molecular formula is C17H21FN2O. The van der Waals surface area contributed by atoms with Gasteiger partial charge >= 0.3 is 0 Å². The highest BCUT2D eigenvalue weighted by atomic mass is 19.1. The molecule has 0 saturated carbocycles. The zero-order valence-corrected chi connectivity index (χ0v) is 12.7. The second kappa shape index (κ2) is 6.68. The number of hydrogen-bond acceptors (Lipinski definition) is 3. The van der Waals surface area contributed by atoms with E-state index in [-0.39, 0.29) is 5.82 Å². The van der Waals surface area contributed by atoms with Gasteiger partial charge in [0.2, 0.25) is 0 Å². The van der Waals surface area contributed by atoms with Gasteiger partial charge in [0.15, 0.2) is 0 Å². The number of aryl methyl sites for hydroxylation is 1. The molecule has 1 aromatic carbocycles. The van der Waals surface area contributed by atoms with Crippen LogP contribution in [0.15, 0.2) is 36.5 Å². The van der Waals surface area contributed by atoms with Gasteiger partial charge < -0.3 is 10.0 Å². The number of nitrogens with zero attached hydrogens (tertiary/aromatic N) is 2. The summed E-state index contributed by atoms with van der Waals surface area (Å²) in [6.45, 7) is 4.14. The maximum absolute atomic E-state index is 13.7. The van der Waals surface area contributed by atoms with Crippen LogP contribution >= 0.6 is 0 Å². The number of aliphatic hydroxyl groups excluding tert-OH is 1. The van der Waals surface area contributed by atoms with E-state index in [1.807, 2.05) is 30.1 Å². The second-order valence-corrected chi connectivity index (χ2v) is 5.33. The lowest BCUT2D eigenvalue weighted by Gasteiger charge is -2.24. The molecule has 1 atom stereocenters. The number of halogens is 1. The Kier molecular flexibility index (Phi) is 4.91. The highest BCUT2D eigenvalue weighted by Crippen LogP contribution is 2.28. The lowest BCUT2D eigenvalue weighted by molar-refractivity contribution is 0.199. The van der Waals surface area contributed by atoms with E-state index in [0.29, 0.717) is 11.1 Å². The predicted octanol–water partition coefficient (Wildman–Crippen LogP) is 3.26. The third kappa shape index (κ3) is 3.79. The van der Waals surface area contributed by atoms with Gasteiger partial charge in [-0.1, -0.05) is 6.07 Å². The van der Waals surface area contributed by atoms with Crippen LogP contribution in [0, 0.1) is 12.7 Å². The molecular weight excluding hydrogens is 267 g/mol. The van der Waals surface area contributed by atoms with E-state index >= 15 is 0 Å². The third-order valence-electron chi connectivity index (χ3n) is 3.60. The van der Waals surface area contributed by atoms with Gasteiger partial charge in [0.1, 0.15) is 5.82 Å². The Morgan fingerprint density at radius 3 is 2.71 bits per heavy atom. The second-order valence-electron chi connectivity index (χ2n) is 5.33. The Balaban J connectivity index is 2.18. The molecule has 0 aliphatic heterocycles. The first-order chi connectivity index (χ1) is 9.99. The first-order valence-electron chi connectivity index (χ1n) is 7.08. The number of anilines is 1. The van der Waals surface area contributed by atoms with Gasteiger partial charge in [-0.3, -0.25) is 4.98 Å². The minimum Gasteiger partial charge on any atom is -0.389 e. The van der Waals surface area contributed by atoms with E-state index < -0.39 is 6.10 Å². The summed E-state index contributed by atoms with van der Waals surface area (Å²) in [5.74, 6) is -0.284. The fourth-order valence-electron chi connectivity index (χ4n) is 2.30. The molecule has 3 nitrogen and oxygen atoms in total. The molecule has 0 amide bonds. The summed E-state index contributed by atoms with van der Waals surface area (Å²) in [6.07, 6.45) is 1.87. The van der Waals surface area contributed by atoms with Crippen LogP contribution < -0.4 is 4.90 Å². The van der Waals surface area contributed by atoms with Crippen LogP contribution in [0.25, 0.3) is 0 Å². The normalized spacial score (nSPS) is 12.2. The Bertz CT molecular complexity index is 599. The minimum absolute atomic E-state index is 0.284. The molecule has 0 fully saturated rings. The van der Waals surface area contributed by atoms with E-state index in [0.717, 1.165) is 24.3 Å². The largest absolute Gasteiger partial charge is 0.389 e. The van der Waals surface area contributed by atoms with Gasteiger partial charge in [-0.05, 0) is 43.7 Å². The Morgan fingerprint density at radius 2 is 2.10 bits per heavy atom. The molecule has 0 bridgehead atoms. The number of aliphatic hydroxyl groups is 1.